The Hall–Kier alpha value is -2.32. The highest BCUT2D eigenvalue weighted by molar-refractivity contribution is 5.80. The molecule has 0 atom stereocenters. The number of likely N-dealkylation sites (tertiary alicyclic amines) is 1. The van der Waals surface area contributed by atoms with Gasteiger partial charge in [-0.3, -0.25) is 14.5 Å². The molecule has 1 saturated heterocycles. The van der Waals surface area contributed by atoms with Crippen molar-refractivity contribution in [2.45, 2.75) is 44.6 Å². The van der Waals surface area contributed by atoms with Crippen LogP contribution in [0.2, 0.25) is 0 Å². The number of carbonyl (C=O) groups is 2. The quantitative estimate of drug-likeness (QED) is 0.810. The first-order valence-electron chi connectivity index (χ1n) is 9.98. The van der Waals surface area contributed by atoms with E-state index in [1.54, 1.807) is 0 Å². The molecule has 3 rings (SSSR count). The number of nitrogens with two attached hydrogens (primary N) is 1. The third-order valence-electron chi connectivity index (χ3n) is 5.62. The summed E-state index contributed by atoms with van der Waals surface area (Å²) in [5.41, 5.74) is 6.26. The van der Waals surface area contributed by atoms with E-state index in [4.69, 9.17) is 5.73 Å². The number of benzene rings is 1. The van der Waals surface area contributed by atoms with Gasteiger partial charge in [-0.25, -0.2) is 0 Å². The number of piperidine rings is 1. The summed E-state index contributed by atoms with van der Waals surface area (Å²) in [5, 5.41) is 0. The normalized spacial score (nSPS) is 18.7. The van der Waals surface area contributed by atoms with Gasteiger partial charge in [0.05, 0.1) is 13.1 Å². The van der Waals surface area contributed by atoms with Crippen molar-refractivity contribution in [1.29, 1.82) is 0 Å². The smallest absolute Gasteiger partial charge is 0.231 e. The van der Waals surface area contributed by atoms with Crippen LogP contribution in [0.15, 0.2) is 30.3 Å². The van der Waals surface area contributed by atoms with Crippen molar-refractivity contribution in [1.82, 2.24) is 9.80 Å². The van der Waals surface area contributed by atoms with E-state index >= 15 is 0 Å². The van der Waals surface area contributed by atoms with Crippen molar-refractivity contribution in [3.63, 3.8) is 0 Å². The number of nitrogens with zero attached hydrogens (tertiary/aromatic N) is 2. The van der Waals surface area contributed by atoms with Gasteiger partial charge >= 0.3 is 0 Å². The zero-order valence-corrected chi connectivity index (χ0v) is 15.9. The van der Waals surface area contributed by atoms with Gasteiger partial charge in [0, 0.05) is 17.5 Å². The Bertz CT molecular complexity index is 693. The maximum atomic E-state index is 13.2. The molecule has 0 spiro atoms. The molecule has 1 heterocycles. The molecule has 0 bridgehead atoms. The Balaban J connectivity index is 1.62. The van der Waals surface area contributed by atoms with E-state index in [0.717, 1.165) is 44.3 Å². The van der Waals surface area contributed by atoms with E-state index in [1.165, 1.54) is 12.8 Å². The number of primary amides is 1. The van der Waals surface area contributed by atoms with Crippen molar-refractivity contribution < 1.29 is 9.59 Å². The lowest BCUT2D eigenvalue weighted by atomic mass is 9.94. The highest BCUT2D eigenvalue weighted by Gasteiger charge is 2.33. The molecule has 2 amide bonds. The van der Waals surface area contributed by atoms with E-state index in [9.17, 15) is 9.59 Å². The number of carbonyl (C=O) groups excluding carboxylic acids is 2. The van der Waals surface area contributed by atoms with Gasteiger partial charge in [0.1, 0.15) is 0 Å². The second-order valence-electron chi connectivity index (χ2n) is 7.59. The highest BCUT2D eigenvalue weighted by atomic mass is 16.2. The van der Waals surface area contributed by atoms with Gasteiger partial charge in [0.2, 0.25) is 11.8 Å². The maximum absolute atomic E-state index is 13.2. The summed E-state index contributed by atoms with van der Waals surface area (Å²) in [6.07, 6.45) is 6.14. The molecule has 2 fully saturated rings. The third kappa shape index (κ3) is 5.58. The highest BCUT2D eigenvalue weighted by Crippen LogP contribution is 2.27. The molecule has 1 aromatic rings. The summed E-state index contributed by atoms with van der Waals surface area (Å²) in [5.74, 6) is 6.37. The summed E-state index contributed by atoms with van der Waals surface area (Å²) in [6, 6.07) is 10.2. The molecule has 1 aromatic carbocycles. The van der Waals surface area contributed by atoms with Crippen LogP contribution in [-0.4, -0.2) is 53.8 Å². The Kier molecular flexibility index (Phi) is 6.89. The van der Waals surface area contributed by atoms with Crippen LogP contribution in [0.4, 0.5) is 0 Å². The Morgan fingerprint density at radius 2 is 1.74 bits per heavy atom. The summed E-state index contributed by atoms with van der Waals surface area (Å²) in [4.78, 5) is 28.4. The average molecular weight is 367 g/mol. The van der Waals surface area contributed by atoms with Crippen molar-refractivity contribution in [3.05, 3.63) is 35.9 Å². The van der Waals surface area contributed by atoms with Gasteiger partial charge in [-0.15, -0.1) is 0 Å². The van der Waals surface area contributed by atoms with E-state index < -0.39 is 0 Å². The molecule has 0 unspecified atom stereocenters. The standard InChI is InChI=1S/C22H29N3O2/c23-21(26)17-24-15-12-19(13-16-24)22(27)25(20-10-4-5-11-20)14-6-9-18-7-2-1-3-8-18/h1-3,7-8,19-20H,4-5,10-17H2,(H2,23,26). The van der Waals surface area contributed by atoms with Crippen molar-refractivity contribution in [2.24, 2.45) is 11.7 Å². The van der Waals surface area contributed by atoms with Crippen LogP contribution < -0.4 is 5.73 Å². The third-order valence-corrected chi connectivity index (χ3v) is 5.62. The van der Waals surface area contributed by atoms with E-state index in [1.807, 2.05) is 40.1 Å². The minimum Gasteiger partial charge on any atom is -0.369 e. The van der Waals surface area contributed by atoms with Crippen LogP contribution in [0, 0.1) is 17.8 Å². The summed E-state index contributed by atoms with van der Waals surface area (Å²) in [7, 11) is 0. The molecule has 2 N–H and O–H groups in total. The first-order valence-corrected chi connectivity index (χ1v) is 9.98. The number of rotatable bonds is 5. The lowest BCUT2D eigenvalue weighted by Crippen LogP contribution is -2.47. The molecule has 5 nitrogen and oxygen atoms in total. The van der Waals surface area contributed by atoms with Crippen LogP contribution in [0.25, 0.3) is 0 Å². The van der Waals surface area contributed by atoms with E-state index in [-0.39, 0.29) is 24.3 Å². The molecule has 0 aromatic heterocycles. The van der Waals surface area contributed by atoms with Crippen LogP contribution in [0.3, 0.4) is 0 Å². The van der Waals surface area contributed by atoms with Gasteiger partial charge in [0.25, 0.3) is 0 Å². The molecule has 5 heteroatoms. The van der Waals surface area contributed by atoms with Crippen LogP contribution in [0.5, 0.6) is 0 Å². The fourth-order valence-corrected chi connectivity index (χ4v) is 4.14. The van der Waals surface area contributed by atoms with Crippen molar-refractivity contribution >= 4 is 11.8 Å². The predicted molar refractivity (Wildman–Crippen MR) is 106 cm³/mol. The molecule has 1 aliphatic heterocycles. The Labute approximate surface area is 161 Å². The molecular formula is C22H29N3O2. The average Bonchev–Trinajstić information content (AvgIpc) is 3.20. The Morgan fingerprint density at radius 1 is 1.07 bits per heavy atom. The van der Waals surface area contributed by atoms with Crippen molar-refractivity contribution in [2.75, 3.05) is 26.2 Å². The molecule has 27 heavy (non-hydrogen) atoms. The lowest BCUT2D eigenvalue weighted by Gasteiger charge is -2.35. The van der Waals surface area contributed by atoms with Gasteiger partial charge in [-0.05, 0) is 50.9 Å². The van der Waals surface area contributed by atoms with Gasteiger partial charge in [-0.1, -0.05) is 42.9 Å². The second-order valence-corrected chi connectivity index (χ2v) is 7.59. The SMILES string of the molecule is NC(=O)CN1CCC(C(=O)N(CC#Cc2ccccc2)C2CCCC2)CC1. The fraction of sp³-hybridized carbons (Fsp3) is 0.545. The van der Waals surface area contributed by atoms with Gasteiger partial charge in [0.15, 0.2) is 0 Å². The summed E-state index contributed by atoms with van der Waals surface area (Å²) >= 11 is 0. The minimum atomic E-state index is -0.302. The first kappa shape index (κ1) is 19.4. The topological polar surface area (TPSA) is 66.6 Å². The van der Waals surface area contributed by atoms with Crippen LogP contribution in [0.1, 0.15) is 44.1 Å². The van der Waals surface area contributed by atoms with Crippen LogP contribution in [-0.2, 0) is 9.59 Å². The number of hydrogen-bond acceptors (Lipinski definition) is 3. The van der Waals surface area contributed by atoms with Crippen LogP contribution >= 0.6 is 0 Å². The second kappa shape index (κ2) is 9.57. The lowest BCUT2D eigenvalue weighted by molar-refractivity contribution is -0.138. The van der Waals surface area contributed by atoms with E-state index in [2.05, 4.69) is 11.8 Å². The van der Waals surface area contributed by atoms with E-state index in [0.29, 0.717) is 12.6 Å². The largest absolute Gasteiger partial charge is 0.369 e. The molecule has 144 valence electrons. The molecule has 1 saturated carbocycles. The molecule has 0 radical (unpaired) electrons. The molecule has 1 aliphatic carbocycles. The maximum Gasteiger partial charge on any atom is 0.231 e. The number of amides is 2. The Morgan fingerprint density at radius 3 is 2.37 bits per heavy atom. The zero-order valence-electron chi connectivity index (χ0n) is 15.9. The minimum absolute atomic E-state index is 0.0354. The van der Waals surface area contributed by atoms with Gasteiger partial charge < -0.3 is 10.6 Å². The molecular weight excluding hydrogens is 338 g/mol. The van der Waals surface area contributed by atoms with Gasteiger partial charge in [-0.2, -0.15) is 0 Å². The fourth-order valence-electron chi connectivity index (χ4n) is 4.14. The zero-order chi connectivity index (χ0) is 19.1. The molecule has 2 aliphatic rings. The first-order chi connectivity index (χ1) is 13.1. The number of hydrogen-bond donors (Lipinski definition) is 1. The summed E-state index contributed by atoms with van der Waals surface area (Å²) < 4.78 is 0. The predicted octanol–water partition coefficient (Wildman–Crippen LogP) is 2.01. The monoisotopic (exact) mass is 367 g/mol. The summed E-state index contributed by atoms with van der Waals surface area (Å²) in [6.45, 7) is 2.30. The van der Waals surface area contributed by atoms with Crippen molar-refractivity contribution in [3.8, 4) is 11.8 Å².